The molecule has 3 aromatic rings. The van der Waals surface area contributed by atoms with E-state index in [1.54, 1.807) is 18.2 Å². The number of nitrogen functional groups attached to an aromatic ring is 1. The number of aryl methyl sites for hydroxylation is 2. The van der Waals surface area contributed by atoms with Gasteiger partial charge in [0.25, 0.3) is 0 Å². The zero-order valence-electron chi connectivity index (χ0n) is 13.7. The minimum atomic E-state index is 0.264. The summed E-state index contributed by atoms with van der Waals surface area (Å²) in [7, 11) is 0. The summed E-state index contributed by atoms with van der Waals surface area (Å²) in [5.74, 6) is 1.31. The van der Waals surface area contributed by atoms with Crippen LogP contribution >= 0.6 is 23.2 Å². The molecule has 0 saturated heterocycles. The van der Waals surface area contributed by atoms with Gasteiger partial charge in [-0.3, -0.25) is 0 Å². The largest absolute Gasteiger partial charge is 0.437 e. The first kappa shape index (κ1) is 17.3. The molecule has 0 radical (unpaired) electrons. The van der Waals surface area contributed by atoms with Crippen molar-refractivity contribution < 1.29 is 4.74 Å². The Hall–Kier alpha value is -2.50. The lowest BCUT2D eigenvalue weighted by molar-refractivity contribution is 0.464. The van der Waals surface area contributed by atoms with E-state index in [0.717, 1.165) is 11.1 Å². The van der Waals surface area contributed by atoms with Crippen molar-refractivity contribution in [1.82, 2.24) is 9.97 Å². The summed E-state index contributed by atoms with van der Waals surface area (Å²) in [6, 6.07) is 11.1. The Morgan fingerprint density at radius 3 is 2.48 bits per heavy atom. The summed E-state index contributed by atoms with van der Waals surface area (Å²) < 4.78 is 5.83. The summed E-state index contributed by atoms with van der Waals surface area (Å²) in [5.41, 5.74) is 9.20. The molecule has 0 atom stereocenters. The van der Waals surface area contributed by atoms with Crippen molar-refractivity contribution in [2.45, 2.75) is 13.8 Å². The lowest BCUT2D eigenvalue weighted by atomic mass is 10.1. The van der Waals surface area contributed by atoms with Gasteiger partial charge < -0.3 is 15.8 Å². The molecule has 1 heterocycles. The lowest BCUT2D eigenvalue weighted by Crippen LogP contribution is -2.03. The molecule has 5 nitrogen and oxygen atoms in total. The highest BCUT2D eigenvalue weighted by atomic mass is 35.5. The molecule has 7 heteroatoms. The van der Waals surface area contributed by atoms with E-state index in [9.17, 15) is 0 Å². The average Bonchev–Trinajstić information content (AvgIpc) is 2.54. The zero-order valence-corrected chi connectivity index (χ0v) is 15.2. The van der Waals surface area contributed by atoms with Crippen LogP contribution in [-0.2, 0) is 0 Å². The Kier molecular flexibility index (Phi) is 4.97. The second-order valence-corrected chi connectivity index (χ2v) is 6.38. The van der Waals surface area contributed by atoms with Crippen molar-refractivity contribution in [1.29, 1.82) is 0 Å². The van der Waals surface area contributed by atoms with Crippen LogP contribution in [0.3, 0.4) is 0 Å². The second-order valence-electron chi connectivity index (χ2n) is 5.59. The van der Waals surface area contributed by atoms with Crippen LogP contribution in [0, 0.1) is 13.8 Å². The number of nitrogens with two attached hydrogens (primary N) is 1. The van der Waals surface area contributed by atoms with Gasteiger partial charge >= 0.3 is 0 Å². The van der Waals surface area contributed by atoms with Crippen LogP contribution < -0.4 is 15.8 Å². The maximum Gasteiger partial charge on any atom is 0.248 e. The van der Waals surface area contributed by atoms with Gasteiger partial charge in [-0.15, -0.1) is 0 Å². The molecule has 0 bridgehead atoms. The van der Waals surface area contributed by atoms with Crippen LogP contribution in [0.25, 0.3) is 0 Å². The van der Waals surface area contributed by atoms with Crippen LogP contribution in [0.15, 0.2) is 42.7 Å². The highest BCUT2D eigenvalue weighted by molar-refractivity contribution is 6.43. The fourth-order valence-corrected chi connectivity index (χ4v) is 2.74. The number of hydrogen-bond acceptors (Lipinski definition) is 5. The van der Waals surface area contributed by atoms with E-state index in [-0.39, 0.29) is 11.6 Å². The Labute approximate surface area is 155 Å². The molecule has 0 aliphatic rings. The Morgan fingerprint density at radius 2 is 1.76 bits per heavy atom. The SMILES string of the molecule is Cc1cc(C)cc(Oc2ncnc(Nc3cccc(Cl)c3Cl)c2N)c1. The summed E-state index contributed by atoms with van der Waals surface area (Å²) in [6.07, 6.45) is 1.37. The average molecular weight is 375 g/mol. The molecule has 0 unspecified atom stereocenters. The molecule has 0 aliphatic heterocycles. The van der Waals surface area contributed by atoms with E-state index in [2.05, 4.69) is 21.4 Å². The van der Waals surface area contributed by atoms with E-state index in [0.29, 0.717) is 27.3 Å². The van der Waals surface area contributed by atoms with Crippen LogP contribution in [0.2, 0.25) is 10.0 Å². The number of ether oxygens (including phenoxy) is 1. The lowest BCUT2D eigenvalue weighted by Gasteiger charge is -2.13. The van der Waals surface area contributed by atoms with Crippen molar-refractivity contribution in [2.75, 3.05) is 11.1 Å². The molecule has 3 N–H and O–H groups in total. The summed E-state index contributed by atoms with van der Waals surface area (Å²) in [4.78, 5) is 8.27. The van der Waals surface area contributed by atoms with Crippen molar-refractivity contribution in [3.63, 3.8) is 0 Å². The molecule has 0 aliphatic carbocycles. The quantitative estimate of drug-likeness (QED) is 0.628. The monoisotopic (exact) mass is 374 g/mol. The molecule has 25 heavy (non-hydrogen) atoms. The maximum absolute atomic E-state index is 6.19. The number of rotatable bonds is 4. The van der Waals surface area contributed by atoms with Gasteiger partial charge in [0, 0.05) is 0 Å². The standard InChI is InChI=1S/C18H16Cl2N4O/c1-10-6-11(2)8-12(7-10)25-18-16(21)17(22-9-23-18)24-14-5-3-4-13(19)15(14)20/h3-9H,21H2,1-2H3,(H,22,23,24). The number of halogens is 2. The number of benzene rings is 2. The van der Waals surface area contributed by atoms with Gasteiger partial charge in [0.15, 0.2) is 5.82 Å². The van der Waals surface area contributed by atoms with E-state index in [1.165, 1.54) is 6.33 Å². The van der Waals surface area contributed by atoms with E-state index < -0.39 is 0 Å². The molecule has 0 saturated carbocycles. The van der Waals surface area contributed by atoms with Crippen LogP contribution in [0.1, 0.15) is 11.1 Å². The molecule has 0 spiro atoms. The Morgan fingerprint density at radius 1 is 1.04 bits per heavy atom. The first-order chi connectivity index (χ1) is 11.9. The fraction of sp³-hybridized carbons (Fsp3) is 0.111. The van der Waals surface area contributed by atoms with Gasteiger partial charge in [-0.1, -0.05) is 35.3 Å². The van der Waals surface area contributed by atoms with Crippen molar-refractivity contribution >= 4 is 40.4 Å². The van der Waals surface area contributed by atoms with Crippen LogP contribution in [0.4, 0.5) is 17.2 Å². The smallest absolute Gasteiger partial charge is 0.248 e. The molecular formula is C18H16Cl2N4O. The Bertz CT molecular complexity index is 911. The molecular weight excluding hydrogens is 359 g/mol. The van der Waals surface area contributed by atoms with E-state index in [1.807, 2.05) is 26.0 Å². The number of nitrogens with zero attached hydrogens (tertiary/aromatic N) is 2. The molecule has 3 rings (SSSR count). The highest BCUT2D eigenvalue weighted by Crippen LogP contribution is 2.35. The first-order valence-corrected chi connectivity index (χ1v) is 8.27. The van der Waals surface area contributed by atoms with Crippen LogP contribution in [-0.4, -0.2) is 9.97 Å². The van der Waals surface area contributed by atoms with Crippen molar-refractivity contribution in [3.8, 4) is 11.6 Å². The van der Waals surface area contributed by atoms with E-state index >= 15 is 0 Å². The summed E-state index contributed by atoms with van der Waals surface area (Å²) in [5, 5.41) is 3.88. The van der Waals surface area contributed by atoms with Gasteiger partial charge in [-0.2, -0.15) is 4.98 Å². The van der Waals surface area contributed by atoms with Gasteiger partial charge in [0.2, 0.25) is 5.88 Å². The third-order valence-corrected chi connectivity index (χ3v) is 4.28. The fourth-order valence-electron chi connectivity index (χ4n) is 2.39. The molecule has 0 amide bonds. The van der Waals surface area contributed by atoms with Gasteiger partial charge in [-0.25, -0.2) is 4.98 Å². The molecule has 0 fully saturated rings. The Balaban J connectivity index is 1.91. The minimum Gasteiger partial charge on any atom is -0.437 e. The van der Waals surface area contributed by atoms with E-state index in [4.69, 9.17) is 33.7 Å². The molecule has 1 aromatic heterocycles. The number of hydrogen-bond donors (Lipinski definition) is 2. The third kappa shape index (κ3) is 3.95. The second kappa shape index (κ2) is 7.17. The van der Waals surface area contributed by atoms with Gasteiger partial charge in [-0.05, 0) is 49.2 Å². The summed E-state index contributed by atoms with van der Waals surface area (Å²) >= 11 is 12.2. The number of aromatic nitrogens is 2. The first-order valence-electron chi connectivity index (χ1n) is 7.51. The summed E-state index contributed by atoms with van der Waals surface area (Å²) in [6.45, 7) is 3.99. The third-order valence-electron chi connectivity index (χ3n) is 3.46. The maximum atomic E-state index is 6.19. The zero-order chi connectivity index (χ0) is 18.0. The minimum absolute atomic E-state index is 0.264. The number of nitrogens with one attached hydrogen (secondary N) is 1. The normalized spacial score (nSPS) is 10.6. The van der Waals surface area contributed by atoms with Gasteiger partial charge in [0.05, 0.1) is 15.7 Å². The van der Waals surface area contributed by atoms with Gasteiger partial charge in [0.1, 0.15) is 17.8 Å². The number of anilines is 3. The predicted octanol–water partition coefficient (Wildman–Crippen LogP) is 5.52. The molecule has 128 valence electrons. The van der Waals surface area contributed by atoms with Crippen LogP contribution in [0.5, 0.6) is 11.6 Å². The topological polar surface area (TPSA) is 73.1 Å². The van der Waals surface area contributed by atoms with Crippen molar-refractivity contribution in [2.24, 2.45) is 0 Å². The molecule has 2 aromatic carbocycles. The van der Waals surface area contributed by atoms with Crippen molar-refractivity contribution in [3.05, 3.63) is 63.9 Å². The predicted molar refractivity (Wildman–Crippen MR) is 102 cm³/mol. The highest BCUT2D eigenvalue weighted by Gasteiger charge is 2.13.